The van der Waals surface area contributed by atoms with Crippen molar-refractivity contribution in [2.24, 2.45) is 0 Å². The minimum atomic E-state index is -4.83. The van der Waals surface area contributed by atoms with Crippen molar-refractivity contribution in [2.75, 3.05) is 13.1 Å². The molecule has 0 aromatic heterocycles. The quantitative estimate of drug-likeness (QED) is 0.867. The van der Waals surface area contributed by atoms with Gasteiger partial charge in [-0.25, -0.2) is 4.39 Å². The summed E-state index contributed by atoms with van der Waals surface area (Å²) < 4.78 is 57.7. The molecule has 1 fully saturated rings. The second-order valence-corrected chi connectivity index (χ2v) is 3.54. The zero-order valence-electron chi connectivity index (χ0n) is 8.96. The van der Waals surface area contributed by atoms with Gasteiger partial charge in [0.05, 0.1) is 0 Å². The summed E-state index contributed by atoms with van der Waals surface area (Å²) in [5, 5.41) is 2.92. The third-order valence-corrected chi connectivity index (χ3v) is 2.17. The van der Waals surface area contributed by atoms with Gasteiger partial charge in [0.2, 0.25) is 0 Å². The highest BCUT2D eigenvalue weighted by atomic mass is 35.5. The number of hydrogen-bond donors (Lipinski definition) is 1. The van der Waals surface area contributed by atoms with Crippen LogP contribution < -0.4 is 14.8 Å². The van der Waals surface area contributed by atoms with Crippen LogP contribution in [0.3, 0.4) is 0 Å². The number of rotatable bonds is 3. The topological polar surface area (TPSA) is 30.5 Å². The highest BCUT2D eigenvalue weighted by Crippen LogP contribution is 2.28. The Balaban J connectivity index is 0.00000162. The van der Waals surface area contributed by atoms with Crippen LogP contribution in [0.1, 0.15) is 0 Å². The van der Waals surface area contributed by atoms with Gasteiger partial charge in [0, 0.05) is 19.2 Å². The van der Waals surface area contributed by atoms with Gasteiger partial charge in [0.25, 0.3) is 0 Å². The summed E-state index contributed by atoms with van der Waals surface area (Å²) in [6.07, 6.45) is -4.97. The minimum absolute atomic E-state index is 0. The van der Waals surface area contributed by atoms with Crippen molar-refractivity contribution < 1.29 is 27.0 Å². The molecule has 0 unspecified atom stereocenters. The van der Waals surface area contributed by atoms with Crippen molar-refractivity contribution in [2.45, 2.75) is 12.5 Å². The maximum Gasteiger partial charge on any atom is 0.573 e. The van der Waals surface area contributed by atoms with E-state index >= 15 is 0 Å². The van der Waals surface area contributed by atoms with Crippen LogP contribution in [-0.4, -0.2) is 25.6 Å². The van der Waals surface area contributed by atoms with E-state index < -0.39 is 17.9 Å². The monoisotopic (exact) mass is 287 g/mol. The van der Waals surface area contributed by atoms with Crippen molar-refractivity contribution in [3.8, 4) is 11.5 Å². The van der Waals surface area contributed by atoms with E-state index in [1.807, 2.05) is 0 Å². The Labute approximate surface area is 106 Å². The third-order valence-electron chi connectivity index (χ3n) is 2.17. The Hall–Kier alpha value is -1.21. The molecule has 0 aliphatic carbocycles. The lowest BCUT2D eigenvalue weighted by Gasteiger charge is -2.27. The average molecular weight is 288 g/mol. The fourth-order valence-corrected chi connectivity index (χ4v) is 1.30. The number of nitrogens with one attached hydrogen (secondary N) is 1. The van der Waals surface area contributed by atoms with Crippen LogP contribution in [-0.2, 0) is 0 Å². The zero-order valence-corrected chi connectivity index (χ0v) is 9.78. The van der Waals surface area contributed by atoms with E-state index in [0.29, 0.717) is 19.2 Å². The Morgan fingerprint density at radius 1 is 1.22 bits per heavy atom. The predicted molar refractivity (Wildman–Crippen MR) is 57.6 cm³/mol. The molecular formula is C10H10ClF4NO2. The fourth-order valence-electron chi connectivity index (χ4n) is 1.30. The van der Waals surface area contributed by atoms with Crippen LogP contribution in [0, 0.1) is 5.82 Å². The first-order chi connectivity index (χ1) is 7.94. The minimum Gasteiger partial charge on any atom is -0.485 e. The van der Waals surface area contributed by atoms with Crippen LogP contribution in [0.5, 0.6) is 11.5 Å². The summed E-state index contributed by atoms with van der Waals surface area (Å²) in [5.41, 5.74) is 0. The van der Waals surface area contributed by atoms with Gasteiger partial charge >= 0.3 is 6.36 Å². The Morgan fingerprint density at radius 2 is 1.89 bits per heavy atom. The second-order valence-electron chi connectivity index (χ2n) is 3.54. The first kappa shape index (κ1) is 14.8. The van der Waals surface area contributed by atoms with E-state index in [1.54, 1.807) is 0 Å². The molecule has 1 N–H and O–H groups in total. The largest absolute Gasteiger partial charge is 0.573 e. The Morgan fingerprint density at radius 3 is 2.33 bits per heavy atom. The molecule has 0 saturated carbocycles. The number of alkyl halides is 3. The molecule has 0 amide bonds. The van der Waals surface area contributed by atoms with Crippen LogP contribution in [0.4, 0.5) is 17.6 Å². The molecule has 0 spiro atoms. The third kappa shape index (κ3) is 3.92. The molecule has 1 aromatic rings. The lowest BCUT2D eigenvalue weighted by Crippen LogP contribution is -2.50. The first-order valence-electron chi connectivity index (χ1n) is 4.87. The highest BCUT2D eigenvalue weighted by Gasteiger charge is 2.31. The molecule has 102 valence electrons. The normalized spacial score (nSPS) is 15.6. The summed E-state index contributed by atoms with van der Waals surface area (Å²) in [4.78, 5) is 0. The van der Waals surface area contributed by atoms with Crippen molar-refractivity contribution in [1.29, 1.82) is 0 Å². The van der Waals surface area contributed by atoms with Crippen LogP contribution >= 0.6 is 12.4 Å². The van der Waals surface area contributed by atoms with Gasteiger partial charge < -0.3 is 14.8 Å². The maximum absolute atomic E-state index is 13.4. The first-order valence-corrected chi connectivity index (χ1v) is 4.87. The molecule has 1 aliphatic rings. The number of hydrogen-bond acceptors (Lipinski definition) is 3. The molecule has 3 nitrogen and oxygen atoms in total. The Kier molecular flexibility index (Phi) is 4.64. The van der Waals surface area contributed by atoms with Gasteiger partial charge in [-0.05, 0) is 12.1 Å². The summed E-state index contributed by atoms with van der Waals surface area (Å²) in [6, 6.07) is 2.78. The predicted octanol–water partition coefficient (Wildman–Crippen LogP) is 2.50. The molecule has 0 bridgehead atoms. The summed E-state index contributed by atoms with van der Waals surface area (Å²) in [6.45, 7) is 1.19. The molecule has 2 rings (SSSR count). The van der Waals surface area contributed by atoms with E-state index in [1.165, 1.54) is 0 Å². The molecule has 1 heterocycles. The van der Waals surface area contributed by atoms with E-state index in [9.17, 15) is 17.6 Å². The standard InChI is InChI=1S/C10H9F4NO2.ClH/c11-8-3-6(17-10(12,13)14)1-2-9(8)16-7-4-15-5-7;/h1-3,7,15H,4-5H2;1H. The SMILES string of the molecule is Cl.Fc1cc(OC(F)(F)F)ccc1OC1CNC1. The van der Waals surface area contributed by atoms with Crippen molar-refractivity contribution in [3.05, 3.63) is 24.0 Å². The molecule has 0 atom stereocenters. The molecule has 8 heteroatoms. The van der Waals surface area contributed by atoms with Crippen LogP contribution in [0.15, 0.2) is 18.2 Å². The van der Waals surface area contributed by atoms with Gasteiger partial charge in [0.1, 0.15) is 11.9 Å². The molecule has 18 heavy (non-hydrogen) atoms. The fraction of sp³-hybridized carbons (Fsp3) is 0.400. The van der Waals surface area contributed by atoms with E-state index in [4.69, 9.17) is 4.74 Å². The number of halogens is 5. The number of benzene rings is 1. The molecular weight excluding hydrogens is 278 g/mol. The van der Waals surface area contributed by atoms with Crippen LogP contribution in [0.25, 0.3) is 0 Å². The Bertz CT molecular complexity index is 409. The lowest BCUT2D eigenvalue weighted by atomic mass is 10.2. The zero-order chi connectivity index (χ0) is 12.5. The van der Waals surface area contributed by atoms with E-state index in [0.717, 1.165) is 12.1 Å². The van der Waals surface area contributed by atoms with Gasteiger partial charge in [-0.15, -0.1) is 25.6 Å². The summed E-state index contributed by atoms with van der Waals surface area (Å²) >= 11 is 0. The molecule has 1 saturated heterocycles. The molecule has 0 radical (unpaired) electrons. The van der Waals surface area contributed by atoms with Gasteiger partial charge in [-0.1, -0.05) is 0 Å². The van der Waals surface area contributed by atoms with Gasteiger partial charge in [0.15, 0.2) is 11.6 Å². The summed E-state index contributed by atoms with van der Waals surface area (Å²) in [5.74, 6) is -1.56. The van der Waals surface area contributed by atoms with Crippen molar-refractivity contribution in [1.82, 2.24) is 5.32 Å². The average Bonchev–Trinajstić information content (AvgIpc) is 2.11. The van der Waals surface area contributed by atoms with Crippen molar-refractivity contribution in [3.63, 3.8) is 0 Å². The lowest BCUT2D eigenvalue weighted by molar-refractivity contribution is -0.274. The smallest absolute Gasteiger partial charge is 0.485 e. The highest BCUT2D eigenvalue weighted by molar-refractivity contribution is 5.85. The van der Waals surface area contributed by atoms with Gasteiger partial charge in [-0.3, -0.25) is 0 Å². The second kappa shape index (κ2) is 5.62. The van der Waals surface area contributed by atoms with Crippen molar-refractivity contribution >= 4 is 12.4 Å². The molecule has 1 aromatic carbocycles. The van der Waals surface area contributed by atoms with E-state index in [-0.39, 0.29) is 24.3 Å². The number of ether oxygens (including phenoxy) is 2. The van der Waals surface area contributed by atoms with Crippen LogP contribution in [0.2, 0.25) is 0 Å². The maximum atomic E-state index is 13.4. The summed E-state index contributed by atoms with van der Waals surface area (Å²) in [7, 11) is 0. The van der Waals surface area contributed by atoms with Gasteiger partial charge in [-0.2, -0.15) is 0 Å². The van der Waals surface area contributed by atoms with E-state index in [2.05, 4.69) is 10.1 Å². The molecule has 1 aliphatic heterocycles.